The van der Waals surface area contributed by atoms with Crippen LogP contribution in [0.3, 0.4) is 0 Å². The molecule has 2 aromatic heterocycles. The second-order valence-corrected chi connectivity index (χ2v) is 7.16. The molecule has 5 nitrogen and oxygen atoms in total. The molecule has 1 aromatic carbocycles. The normalized spacial score (nSPS) is 16.6. The van der Waals surface area contributed by atoms with E-state index >= 15 is 0 Å². The van der Waals surface area contributed by atoms with E-state index in [2.05, 4.69) is 14.4 Å². The van der Waals surface area contributed by atoms with Crippen LogP contribution in [0, 0.1) is 6.57 Å². The monoisotopic (exact) mass is 362 g/mol. The van der Waals surface area contributed by atoms with Crippen molar-refractivity contribution < 1.29 is 4.79 Å². The van der Waals surface area contributed by atoms with Gasteiger partial charge in [-0.25, -0.2) is 4.85 Å². The summed E-state index contributed by atoms with van der Waals surface area (Å²) in [6, 6.07) is 9.60. The summed E-state index contributed by atoms with van der Waals surface area (Å²) in [7, 11) is 0. The first kappa shape index (κ1) is 15.4. The summed E-state index contributed by atoms with van der Waals surface area (Å²) >= 11 is 6.11. The predicted molar refractivity (Wildman–Crippen MR) is 100 cm³/mol. The molecule has 0 spiro atoms. The first-order valence-electron chi connectivity index (χ1n) is 8.64. The van der Waals surface area contributed by atoms with E-state index in [9.17, 15) is 4.79 Å². The van der Waals surface area contributed by atoms with Crippen LogP contribution >= 0.6 is 11.6 Å². The van der Waals surface area contributed by atoms with Crippen molar-refractivity contribution in [3.63, 3.8) is 0 Å². The Hall–Kier alpha value is -2.84. The van der Waals surface area contributed by atoms with Crippen molar-refractivity contribution in [2.45, 2.75) is 25.4 Å². The molecule has 1 amide bonds. The zero-order valence-electron chi connectivity index (χ0n) is 13.9. The molecule has 3 aromatic rings. The Labute approximate surface area is 155 Å². The number of aromatic nitrogens is 2. The number of carbonyl (C=O) groups excluding carboxylic acids is 1. The molecule has 0 saturated heterocycles. The summed E-state index contributed by atoms with van der Waals surface area (Å²) < 4.78 is 2.07. The molecule has 1 fully saturated rings. The molecule has 0 bridgehead atoms. The van der Waals surface area contributed by atoms with Gasteiger partial charge in [-0.05, 0) is 36.6 Å². The lowest BCUT2D eigenvalue weighted by atomic mass is 10.0. The number of nitrogens with zero attached hydrogens (tertiary/aromatic N) is 4. The molecule has 5 rings (SSSR count). The predicted octanol–water partition coefficient (Wildman–Crippen LogP) is 4.53. The maximum absolute atomic E-state index is 13.3. The van der Waals surface area contributed by atoms with Gasteiger partial charge in [0.1, 0.15) is 5.69 Å². The van der Waals surface area contributed by atoms with Crippen LogP contribution < -0.4 is 0 Å². The fraction of sp³-hybridized carbons (Fsp3) is 0.250. The number of pyridine rings is 1. The van der Waals surface area contributed by atoms with E-state index in [0.29, 0.717) is 22.4 Å². The molecular weight excluding hydrogens is 348 g/mol. The highest BCUT2D eigenvalue weighted by Gasteiger charge is 2.39. The highest BCUT2D eigenvalue weighted by atomic mass is 35.5. The molecule has 128 valence electrons. The molecule has 0 unspecified atom stereocenters. The van der Waals surface area contributed by atoms with E-state index in [1.807, 2.05) is 23.1 Å². The van der Waals surface area contributed by atoms with Gasteiger partial charge in [0.25, 0.3) is 5.91 Å². The second kappa shape index (κ2) is 5.58. The van der Waals surface area contributed by atoms with E-state index in [4.69, 9.17) is 18.2 Å². The summed E-state index contributed by atoms with van der Waals surface area (Å²) in [4.78, 5) is 23.3. The van der Waals surface area contributed by atoms with Gasteiger partial charge >= 0.3 is 0 Å². The van der Waals surface area contributed by atoms with E-state index in [0.717, 1.165) is 48.1 Å². The van der Waals surface area contributed by atoms with Crippen LogP contribution in [-0.2, 0) is 6.54 Å². The summed E-state index contributed by atoms with van der Waals surface area (Å²) in [5.41, 5.74) is 4.43. The largest absolute Gasteiger partial charge is 0.333 e. The Bertz CT molecular complexity index is 1110. The number of benzene rings is 1. The maximum atomic E-state index is 13.3. The SMILES string of the molecule is [C-]#[N+]c1cc(-c2c3n(c4cccnc24)CCN(C2CC2)C3=O)ccc1Cl. The van der Waals surface area contributed by atoms with Crippen molar-refractivity contribution in [3.8, 4) is 11.1 Å². The minimum Gasteiger partial charge on any atom is -0.333 e. The molecular formula is C20H15ClN4O. The van der Waals surface area contributed by atoms with E-state index in [1.165, 1.54) is 0 Å². The third-order valence-corrected chi connectivity index (χ3v) is 5.51. The number of hydrogen-bond donors (Lipinski definition) is 0. The topological polar surface area (TPSA) is 42.5 Å². The summed E-state index contributed by atoms with van der Waals surface area (Å²) in [6.07, 6.45) is 3.91. The Morgan fingerprint density at radius 1 is 1.23 bits per heavy atom. The first-order valence-corrected chi connectivity index (χ1v) is 9.02. The third-order valence-electron chi connectivity index (χ3n) is 5.19. The zero-order chi connectivity index (χ0) is 17.8. The van der Waals surface area contributed by atoms with Crippen LogP contribution in [0.4, 0.5) is 5.69 Å². The lowest BCUT2D eigenvalue weighted by Gasteiger charge is -2.29. The van der Waals surface area contributed by atoms with E-state index < -0.39 is 0 Å². The van der Waals surface area contributed by atoms with Gasteiger partial charge in [0.15, 0.2) is 0 Å². The number of hydrogen-bond acceptors (Lipinski definition) is 2. The minimum atomic E-state index is 0.0612. The van der Waals surface area contributed by atoms with Crippen molar-refractivity contribution in [1.82, 2.24) is 14.5 Å². The molecule has 26 heavy (non-hydrogen) atoms. The Morgan fingerprint density at radius 2 is 2.08 bits per heavy atom. The lowest BCUT2D eigenvalue weighted by Crippen LogP contribution is -2.41. The number of halogens is 1. The fourth-order valence-corrected chi connectivity index (χ4v) is 4.00. The van der Waals surface area contributed by atoms with Gasteiger partial charge in [-0.2, -0.15) is 0 Å². The highest BCUT2D eigenvalue weighted by Crippen LogP contribution is 2.40. The zero-order valence-corrected chi connectivity index (χ0v) is 14.7. The molecule has 1 aliphatic carbocycles. The van der Waals surface area contributed by atoms with Gasteiger partial charge in [0.05, 0.1) is 17.6 Å². The quantitative estimate of drug-likeness (QED) is 0.629. The molecule has 0 atom stereocenters. The van der Waals surface area contributed by atoms with Gasteiger partial charge < -0.3 is 9.47 Å². The molecule has 3 heterocycles. The van der Waals surface area contributed by atoms with Crippen molar-refractivity contribution in [1.29, 1.82) is 0 Å². The number of carbonyl (C=O) groups is 1. The van der Waals surface area contributed by atoms with Crippen LogP contribution in [0.25, 0.3) is 27.0 Å². The molecule has 1 saturated carbocycles. The van der Waals surface area contributed by atoms with Crippen LogP contribution in [0.1, 0.15) is 23.3 Å². The summed E-state index contributed by atoms with van der Waals surface area (Å²) in [5, 5.41) is 0.417. The summed E-state index contributed by atoms with van der Waals surface area (Å²) in [5.74, 6) is 0.0612. The number of fused-ring (bicyclic) bond motifs is 3. The summed E-state index contributed by atoms with van der Waals surface area (Å²) in [6.45, 7) is 8.84. The Morgan fingerprint density at radius 3 is 2.85 bits per heavy atom. The Kier molecular flexibility index (Phi) is 3.31. The van der Waals surface area contributed by atoms with E-state index in [1.54, 1.807) is 18.3 Å². The molecule has 1 aliphatic heterocycles. The second-order valence-electron chi connectivity index (χ2n) is 6.75. The van der Waals surface area contributed by atoms with Gasteiger partial charge in [-0.3, -0.25) is 9.78 Å². The minimum absolute atomic E-state index is 0.0612. The molecule has 0 N–H and O–H groups in total. The van der Waals surface area contributed by atoms with Crippen molar-refractivity contribution in [2.24, 2.45) is 0 Å². The fourth-order valence-electron chi connectivity index (χ4n) is 3.84. The molecule has 6 heteroatoms. The smallest absolute Gasteiger partial charge is 0.271 e. The van der Waals surface area contributed by atoms with Crippen molar-refractivity contribution in [2.75, 3.05) is 6.54 Å². The van der Waals surface area contributed by atoms with Crippen LogP contribution in [0.2, 0.25) is 5.02 Å². The van der Waals surface area contributed by atoms with Crippen molar-refractivity contribution >= 4 is 34.2 Å². The Balaban J connectivity index is 1.80. The average molecular weight is 363 g/mol. The van der Waals surface area contributed by atoms with Gasteiger partial charge in [0, 0.05) is 35.9 Å². The third kappa shape index (κ3) is 2.16. The van der Waals surface area contributed by atoms with Crippen LogP contribution in [-0.4, -0.2) is 32.9 Å². The van der Waals surface area contributed by atoms with Gasteiger partial charge in [0.2, 0.25) is 5.69 Å². The standard InChI is InChI=1S/C20H15ClN4O/c1-22-15-11-12(4-7-14(15)21)17-18-16(3-2-8-23-18)25-10-9-24(13-5-6-13)20(26)19(17)25/h2-4,7-8,11,13H,5-6,9-10H2. The molecule has 2 aliphatic rings. The van der Waals surface area contributed by atoms with Gasteiger partial charge in [-0.15, -0.1) is 0 Å². The van der Waals surface area contributed by atoms with E-state index in [-0.39, 0.29) is 5.91 Å². The average Bonchev–Trinajstić information content (AvgIpc) is 3.44. The van der Waals surface area contributed by atoms with Gasteiger partial charge in [-0.1, -0.05) is 23.7 Å². The first-order chi connectivity index (χ1) is 12.7. The van der Waals surface area contributed by atoms with Crippen LogP contribution in [0.5, 0.6) is 0 Å². The molecule has 0 radical (unpaired) electrons. The van der Waals surface area contributed by atoms with Crippen molar-refractivity contribution in [3.05, 3.63) is 58.7 Å². The maximum Gasteiger partial charge on any atom is 0.271 e. The van der Waals surface area contributed by atoms with Crippen LogP contribution in [0.15, 0.2) is 36.5 Å². The number of rotatable bonds is 2. The number of amides is 1. The highest BCUT2D eigenvalue weighted by molar-refractivity contribution is 6.33. The lowest BCUT2D eigenvalue weighted by molar-refractivity contribution is 0.0694.